The van der Waals surface area contributed by atoms with Crippen LogP contribution in [0.1, 0.15) is 35.7 Å². The number of rotatable bonds is 8. The lowest BCUT2D eigenvalue weighted by molar-refractivity contribution is -0.131. The summed E-state index contributed by atoms with van der Waals surface area (Å²) in [6, 6.07) is 8.02. The van der Waals surface area contributed by atoms with Crippen molar-refractivity contribution >= 4 is 34.1 Å². The van der Waals surface area contributed by atoms with Gasteiger partial charge in [0, 0.05) is 73.4 Å². The third-order valence-corrected chi connectivity index (χ3v) is 6.68. The molecule has 0 aliphatic carbocycles. The zero-order chi connectivity index (χ0) is 25.1. The summed E-state index contributed by atoms with van der Waals surface area (Å²) in [6.45, 7) is 9.29. The number of aryl methyl sites for hydroxylation is 1. The minimum Gasteiger partial charge on any atom is -0.487 e. The molecule has 0 saturated carbocycles. The number of benzene rings is 1. The van der Waals surface area contributed by atoms with Crippen molar-refractivity contribution in [3.05, 3.63) is 82.8 Å². The fourth-order valence-corrected chi connectivity index (χ4v) is 4.71. The molecule has 1 fully saturated rings. The molecule has 0 N–H and O–H groups in total. The second-order valence-corrected chi connectivity index (χ2v) is 9.55. The highest BCUT2D eigenvalue weighted by molar-refractivity contribution is 6.31. The lowest BCUT2D eigenvalue weighted by Gasteiger charge is -2.21. The van der Waals surface area contributed by atoms with Gasteiger partial charge in [-0.15, -0.1) is 0 Å². The van der Waals surface area contributed by atoms with Gasteiger partial charge in [0.05, 0.1) is 5.02 Å². The van der Waals surface area contributed by atoms with Crippen molar-refractivity contribution in [3.63, 3.8) is 0 Å². The van der Waals surface area contributed by atoms with Gasteiger partial charge >= 0.3 is 0 Å². The van der Waals surface area contributed by atoms with Crippen LogP contribution < -0.4 is 4.74 Å². The van der Waals surface area contributed by atoms with E-state index in [1.807, 2.05) is 51.1 Å². The van der Waals surface area contributed by atoms with E-state index >= 15 is 0 Å². The number of fused-ring (bicyclic) bond motifs is 1. The summed E-state index contributed by atoms with van der Waals surface area (Å²) in [5.74, 6) is 0.902. The third-order valence-electron chi connectivity index (χ3n) is 6.36. The number of ether oxygens (including phenoxy) is 1. The highest BCUT2D eigenvalue weighted by atomic mass is 35.5. The molecular formula is C28H31ClN4O2. The molecule has 1 aliphatic heterocycles. The van der Waals surface area contributed by atoms with Crippen LogP contribution >= 0.6 is 11.6 Å². The van der Waals surface area contributed by atoms with Gasteiger partial charge in [0.15, 0.2) is 0 Å². The van der Waals surface area contributed by atoms with Crippen LogP contribution in [0.4, 0.5) is 0 Å². The van der Waals surface area contributed by atoms with E-state index in [4.69, 9.17) is 21.3 Å². The van der Waals surface area contributed by atoms with E-state index in [9.17, 15) is 4.79 Å². The standard InChI is InChI=1S/C28H31ClN4O2/c1-6-8-25(32(4)5)22-13-19(3)31-27-21(22)9-7-10-26(27)35-17-23-20(14-30-15-24(23)29)16-33-12-11-18(2)28(33)34/h6-10,13-15,18H,1,11-12,16-17H2,2-5H3/b25-8-. The molecule has 6 nitrogen and oxygen atoms in total. The molecule has 3 heterocycles. The van der Waals surface area contributed by atoms with Crippen molar-refractivity contribution in [2.75, 3.05) is 20.6 Å². The van der Waals surface area contributed by atoms with Gasteiger partial charge in [-0.05, 0) is 37.1 Å². The number of aromatic nitrogens is 2. The highest BCUT2D eigenvalue weighted by Gasteiger charge is 2.28. The first-order valence-electron chi connectivity index (χ1n) is 11.7. The fraction of sp³-hybridized carbons (Fsp3) is 0.321. The first kappa shape index (κ1) is 24.7. The average Bonchev–Trinajstić information content (AvgIpc) is 3.14. The van der Waals surface area contributed by atoms with E-state index in [1.54, 1.807) is 18.5 Å². The molecule has 0 radical (unpaired) electrons. The molecule has 35 heavy (non-hydrogen) atoms. The van der Waals surface area contributed by atoms with Crippen molar-refractivity contribution in [2.24, 2.45) is 5.92 Å². The Labute approximate surface area is 211 Å². The summed E-state index contributed by atoms with van der Waals surface area (Å²) in [5.41, 5.74) is 5.51. The quantitative estimate of drug-likeness (QED) is 0.383. The Morgan fingerprint density at radius 2 is 2.14 bits per heavy atom. The van der Waals surface area contributed by atoms with Gasteiger partial charge in [-0.3, -0.25) is 9.78 Å². The van der Waals surface area contributed by atoms with Gasteiger partial charge in [0.1, 0.15) is 17.9 Å². The van der Waals surface area contributed by atoms with E-state index in [2.05, 4.69) is 28.6 Å². The molecule has 1 unspecified atom stereocenters. The number of pyridine rings is 2. The minimum atomic E-state index is 0.0585. The number of para-hydroxylation sites is 1. The average molecular weight is 491 g/mol. The summed E-state index contributed by atoms with van der Waals surface area (Å²) >= 11 is 6.54. The monoisotopic (exact) mass is 490 g/mol. The molecule has 0 bridgehead atoms. The molecule has 1 aliphatic rings. The Balaban J connectivity index is 1.67. The third kappa shape index (κ3) is 5.17. The van der Waals surface area contributed by atoms with Gasteiger partial charge in [0.2, 0.25) is 5.91 Å². The maximum absolute atomic E-state index is 12.5. The number of halogens is 1. The SMILES string of the molecule is C=C/C=C(/c1cc(C)nc2c(OCc3c(Cl)cncc3CN3CCC(C)C3=O)cccc12)N(C)C. The first-order valence-corrected chi connectivity index (χ1v) is 12.1. The highest BCUT2D eigenvalue weighted by Crippen LogP contribution is 2.33. The Morgan fingerprint density at radius 3 is 2.83 bits per heavy atom. The van der Waals surface area contributed by atoms with E-state index in [0.717, 1.165) is 51.9 Å². The summed E-state index contributed by atoms with van der Waals surface area (Å²) < 4.78 is 6.32. The molecule has 1 amide bonds. The smallest absolute Gasteiger partial charge is 0.225 e. The molecule has 0 spiro atoms. The molecule has 2 aromatic heterocycles. The Hall–Kier alpha value is -3.38. The lowest BCUT2D eigenvalue weighted by atomic mass is 10.0. The topological polar surface area (TPSA) is 58.6 Å². The van der Waals surface area contributed by atoms with Crippen LogP contribution in [0.15, 0.2) is 55.4 Å². The summed E-state index contributed by atoms with van der Waals surface area (Å²) in [6.07, 6.45) is 8.04. The van der Waals surface area contributed by atoms with E-state index in [0.29, 0.717) is 17.3 Å². The van der Waals surface area contributed by atoms with Crippen molar-refractivity contribution in [2.45, 2.75) is 33.4 Å². The zero-order valence-corrected chi connectivity index (χ0v) is 21.5. The lowest BCUT2D eigenvalue weighted by Crippen LogP contribution is -2.27. The van der Waals surface area contributed by atoms with Gasteiger partial charge < -0.3 is 14.5 Å². The Kier molecular flexibility index (Phi) is 7.41. The van der Waals surface area contributed by atoms with Crippen molar-refractivity contribution < 1.29 is 9.53 Å². The number of hydrogen-bond donors (Lipinski definition) is 0. The Bertz CT molecular complexity index is 1300. The van der Waals surface area contributed by atoms with Crippen LogP contribution in [-0.4, -0.2) is 46.3 Å². The van der Waals surface area contributed by atoms with E-state index < -0.39 is 0 Å². The number of amides is 1. The molecule has 1 atom stereocenters. The summed E-state index contributed by atoms with van der Waals surface area (Å²) in [5, 5.41) is 1.52. The molecular weight excluding hydrogens is 460 g/mol. The van der Waals surface area contributed by atoms with Crippen LogP contribution in [-0.2, 0) is 17.9 Å². The molecule has 1 aromatic carbocycles. The molecule has 182 valence electrons. The van der Waals surface area contributed by atoms with Crippen LogP contribution in [0.3, 0.4) is 0 Å². The van der Waals surface area contributed by atoms with E-state index in [-0.39, 0.29) is 18.4 Å². The second-order valence-electron chi connectivity index (χ2n) is 9.14. The Morgan fingerprint density at radius 1 is 1.34 bits per heavy atom. The summed E-state index contributed by atoms with van der Waals surface area (Å²) in [7, 11) is 4.02. The zero-order valence-electron chi connectivity index (χ0n) is 20.7. The predicted octanol–water partition coefficient (Wildman–Crippen LogP) is 5.63. The van der Waals surface area contributed by atoms with Gasteiger partial charge in [-0.1, -0.05) is 43.3 Å². The van der Waals surface area contributed by atoms with Crippen molar-refractivity contribution in [3.8, 4) is 5.75 Å². The maximum atomic E-state index is 12.5. The minimum absolute atomic E-state index is 0.0585. The van der Waals surface area contributed by atoms with Gasteiger partial charge in [-0.25, -0.2) is 4.98 Å². The predicted molar refractivity (Wildman–Crippen MR) is 141 cm³/mol. The van der Waals surface area contributed by atoms with Crippen LogP contribution in [0, 0.1) is 12.8 Å². The van der Waals surface area contributed by atoms with Crippen LogP contribution in [0.25, 0.3) is 16.6 Å². The molecule has 1 saturated heterocycles. The van der Waals surface area contributed by atoms with E-state index in [1.165, 1.54) is 0 Å². The number of allylic oxidation sites excluding steroid dienone is 2. The molecule has 4 rings (SSSR count). The first-order chi connectivity index (χ1) is 16.8. The summed E-state index contributed by atoms with van der Waals surface area (Å²) in [4.78, 5) is 25.5. The van der Waals surface area contributed by atoms with Gasteiger partial charge in [0.25, 0.3) is 0 Å². The number of hydrogen-bond acceptors (Lipinski definition) is 5. The van der Waals surface area contributed by atoms with Crippen LogP contribution in [0.5, 0.6) is 5.75 Å². The number of carbonyl (C=O) groups is 1. The van der Waals surface area contributed by atoms with Crippen LogP contribution in [0.2, 0.25) is 5.02 Å². The number of nitrogens with zero attached hydrogens (tertiary/aromatic N) is 4. The fourth-order valence-electron chi connectivity index (χ4n) is 4.48. The normalized spacial score (nSPS) is 16.1. The molecule has 7 heteroatoms. The van der Waals surface area contributed by atoms with Gasteiger partial charge in [-0.2, -0.15) is 0 Å². The number of carbonyl (C=O) groups excluding carboxylic acids is 1. The van der Waals surface area contributed by atoms with Crippen molar-refractivity contribution in [1.29, 1.82) is 0 Å². The molecule has 3 aromatic rings. The maximum Gasteiger partial charge on any atom is 0.225 e. The largest absolute Gasteiger partial charge is 0.487 e. The second kappa shape index (κ2) is 10.5. The van der Waals surface area contributed by atoms with Crippen molar-refractivity contribution in [1.82, 2.24) is 19.8 Å². The number of likely N-dealkylation sites (tertiary alicyclic amines) is 1.